The molecule has 1 N–H and O–H groups in total. The summed E-state index contributed by atoms with van der Waals surface area (Å²) in [6.07, 6.45) is 3.48. The molecule has 0 amide bonds. The zero-order valence-electron chi connectivity index (χ0n) is 40.0. The van der Waals surface area contributed by atoms with E-state index >= 15 is 0 Å². The molecule has 6 aromatic carbocycles. The number of rotatable bonds is 15. The first-order valence-corrected chi connectivity index (χ1v) is 27.3. The number of allylic oxidation sites excluding steroid dienone is 2. The van der Waals surface area contributed by atoms with E-state index in [1.807, 2.05) is 133 Å². The van der Waals surface area contributed by atoms with Gasteiger partial charge < -0.3 is 18.3 Å². The molecular formula is C58H60N2O7Si2. The molecule has 1 aliphatic rings. The van der Waals surface area contributed by atoms with Crippen LogP contribution in [0.15, 0.2) is 222 Å². The van der Waals surface area contributed by atoms with Gasteiger partial charge in [0.25, 0.3) is 22.2 Å². The Hall–Kier alpha value is -6.74. The number of hydrogen-bond acceptors (Lipinski definition) is 7. The Kier molecular flexibility index (Phi) is 14.7. The fraction of sp³-hybridized carbons (Fsp3) is 0.224. The second-order valence-electron chi connectivity index (χ2n) is 19.4. The van der Waals surface area contributed by atoms with E-state index in [1.54, 1.807) is 24.3 Å². The van der Waals surface area contributed by atoms with Crippen LogP contribution in [0.4, 0.5) is 0 Å². The van der Waals surface area contributed by atoms with Crippen LogP contribution in [0, 0.1) is 0 Å². The van der Waals surface area contributed by atoms with Crippen LogP contribution >= 0.6 is 0 Å². The topological polar surface area (TPSA) is 109 Å². The predicted molar refractivity (Wildman–Crippen MR) is 280 cm³/mol. The normalized spacial score (nSPS) is 18.3. The highest BCUT2D eigenvalue weighted by molar-refractivity contribution is 7.00. The second-order valence-corrected chi connectivity index (χ2v) is 27.9. The molecule has 11 heteroatoms. The first kappa shape index (κ1) is 48.7. The SMILES string of the molecule is CC(C)(C)[Si](O[C@H]1[C@@H](O[Si](c2ccccc2)(c2ccccc2)C(C)(C)C)[C@H](n2ccc(=O)[nH]c2=O)O[C@@H]1[C@H](C=C/C=C/c1ccccc1)OC(=O)c1ccccc1)(c1ccccc1)c1ccccc1. The molecule has 5 atom stereocenters. The van der Waals surface area contributed by atoms with Crippen LogP contribution in [-0.2, 0) is 18.3 Å². The van der Waals surface area contributed by atoms with Crippen LogP contribution in [0.5, 0.6) is 0 Å². The summed E-state index contributed by atoms with van der Waals surface area (Å²) < 4.78 is 31.7. The third-order valence-electron chi connectivity index (χ3n) is 12.9. The fourth-order valence-electron chi connectivity index (χ4n) is 9.72. The van der Waals surface area contributed by atoms with E-state index < -0.39 is 74.6 Å². The number of esters is 1. The van der Waals surface area contributed by atoms with Gasteiger partial charge in [0, 0.05) is 12.3 Å². The van der Waals surface area contributed by atoms with Crippen molar-refractivity contribution in [2.45, 2.75) is 82.3 Å². The number of nitrogens with one attached hydrogen (secondary N) is 1. The number of H-pyrrole nitrogens is 1. The Morgan fingerprint density at radius 2 is 1.00 bits per heavy atom. The number of nitrogens with zero attached hydrogens (tertiary/aromatic N) is 1. The average Bonchev–Trinajstić information content (AvgIpc) is 3.70. The van der Waals surface area contributed by atoms with Gasteiger partial charge in [0.05, 0.1) is 5.56 Å². The highest BCUT2D eigenvalue weighted by Gasteiger charge is 2.62. The number of hydrogen-bond donors (Lipinski definition) is 1. The van der Waals surface area contributed by atoms with Crippen molar-refractivity contribution in [3.8, 4) is 0 Å². The molecule has 0 spiro atoms. The minimum Gasteiger partial charge on any atom is -0.452 e. The molecular weight excluding hydrogens is 893 g/mol. The lowest BCUT2D eigenvalue weighted by molar-refractivity contribution is -0.0770. The molecule has 0 saturated carbocycles. The molecule has 352 valence electrons. The number of carbonyl (C=O) groups is 1. The van der Waals surface area contributed by atoms with Crippen LogP contribution in [-0.4, -0.2) is 56.6 Å². The van der Waals surface area contributed by atoms with Crippen LogP contribution in [0.3, 0.4) is 0 Å². The molecule has 1 aromatic heterocycles. The smallest absolute Gasteiger partial charge is 0.338 e. The molecule has 69 heavy (non-hydrogen) atoms. The van der Waals surface area contributed by atoms with Gasteiger partial charge in [-0.3, -0.25) is 14.3 Å². The molecule has 9 nitrogen and oxygen atoms in total. The van der Waals surface area contributed by atoms with Crippen LogP contribution in [0.25, 0.3) is 6.08 Å². The summed E-state index contributed by atoms with van der Waals surface area (Å²) in [5, 5.41) is 2.96. The van der Waals surface area contributed by atoms with Gasteiger partial charge in [-0.15, -0.1) is 0 Å². The summed E-state index contributed by atoms with van der Waals surface area (Å²) in [6.45, 7) is 13.2. The Bertz CT molecular complexity index is 2870. The van der Waals surface area contributed by atoms with Crippen molar-refractivity contribution in [1.82, 2.24) is 9.55 Å². The van der Waals surface area contributed by atoms with E-state index in [0.717, 1.165) is 26.3 Å². The molecule has 0 unspecified atom stereocenters. The van der Waals surface area contributed by atoms with Crippen LogP contribution in [0.1, 0.15) is 63.7 Å². The van der Waals surface area contributed by atoms with Gasteiger partial charge in [-0.05, 0) is 54.6 Å². The number of carbonyl (C=O) groups excluding carboxylic acids is 1. The van der Waals surface area contributed by atoms with Gasteiger partial charge in [-0.1, -0.05) is 230 Å². The first-order valence-electron chi connectivity index (χ1n) is 23.4. The minimum absolute atomic E-state index is 0.353. The van der Waals surface area contributed by atoms with Crippen molar-refractivity contribution in [3.63, 3.8) is 0 Å². The largest absolute Gasteiger partial charge is 0.452 e. The van der Waals surface area contributed by atoms with Crippen molar-refractivity contribution in [2.75, 3.05) is 0 Å². The lowest BCUT2D eigenvalue weighted by atomic mass is 10.0. The molecule has 2 heterocycles. The lowest BCUT2D eigenvalue weighted by Crippen LogP contribution is -2.72. The number of aromatic nitrogens is 2. The van der Waals surface area contributed by atoms with Gasteiger partial charge in [0.15, 0.2) is 6.23 Å². The number of benzene rings is 6. The maximum Gasteiger partial charge on any atom is 0.338 e. The second kappa shape index (κ2) is 20.9. The Morgan fingerprint density at radius 1 is 0.580 bits per heavy atom. The zero-order chi connectivity index (χ0) is 48.7. The maximum absolute atomic E-state index is 14.4. The highest BCUT2D eigenvalue weighted by atomic mass is 28.4. The molecule has 0 bridgehead atoms. The average molecular weight is 953 g/mol. The molecule has 1 saturated heterocycles. The van der Waals surface area contributed by atoms with Gasteiger partial charge >= 0.3 is 11.7 Å². The molecule has 8 rings (SSSR count). The van der Waals surface area contributed by atoms with E-state index in [4.69, 9.17) is 18.3 Å². The van der Waals surface area contributed by atoms with E-state index in [9.17, 15) is 14.4 Å². The Balaban J connectivity index is 1.43. The number of ether oxygens (including phenoxy) is 2. The van der Waals surface area contributed by atoms with Gasteiger partial charge in [0.2, 0.25) is 0 Å². The van der Waals surface area contributed by atoms with E-state index in [0.29, 0.717) is 5.56 Å². The standard InChI is InChI=1S/C58H60N2O7Si2/c1-57(2,3)68(45-32-17-9-18-33-45,46-34-19-10-20-35-46)66-52-51(49(64-55(62)44-30-15-8-16-31-44)40-26-25-29-43-27-13-7-14-28-43)65-54(60-42-41-50(61)59-56(60)63)53(52)67-69(58(4,5)6,47-36-21-11-22-37-47)48-38-23-12-24-39-48/h7-42,49,51-54H,1-6H3,(H,59,61,63)/b29-25+,40-26?/t49-,51+,52+,53+,54+/m0/s1. The number of aromatic amines is 1. The van der Waals surface area contributed by atoms with Crippen LogP contribution in [0.2, 0.25) is 10.1 Å². The van der Waals surface area contributed by atoms with Crippen molar-refractivity contribution in [1.29, 1.82) is 0 Å². The summed E-state index contributed by atoms with van der Waals surface area (Å²) >= 11 is 0. The van der Waals surface area contributed by atoms with Crippen molar-refractivity contribution in [2.24, 2.45) is 0 Å². The zero-order valence-corrected chi connectivity index (χ0v) is 42.0. The van der Waals surface area contributed by atoms with Crippen LogP contribution < -0.4 is 32.0 Å². The first-order chi connectivity index (χ1) is 33.2. The highest BCUT2D eigenvalue weighted by Crippen LogP contribution is 2.46. The van der Waals surface area contributed by atoms with Gasteiger partial charge in [0.1, 0.15) is 24.4 Å². The molecule has 1 aliphatic heterocycles. The summed E-state index contributed by atoms with van der Waals surface area (Å²) in [5.74, 6) is -0.570. The predicted octanol–water partition coefficient (Wildman–Crippen LogP) is 8.82. The summed E-state index contributed by atoms with van der Waals surface area (Å²) in [5.41, 5.74) is 0.0960. The van der Waals surface area contributed by atoms with E-state index in [2.05, 4.69) is 95.1 Å². The van der Waals surface area contributed by atoms with Crippen molar-refractivity contribution < 1.29 is 23.1 Å². The molecule has 0 aliphatic carbocycles. The summed E-state index contributed by atoms with van der Waals surface area (Å²) in [7, 11) is -7.06. The molecule has 0 radical (unpaired) electrons. The quantitative estimate of drug-likeness (QED) is 0.0622. The maximum atomic E-state index is 14.4. The summed E-state index contributed by atoms with van der Waals surface area (Å²) in [6, 6.07) is 61.2. The molecule has 7 aromatic rings. The fourth-order valence-corrected chi connectivity index (χ4v) is 19.1. The van der Waals surface area contributed by atoms with E-state index in [-0.39, 0.29) is 0 Å². The van der Waals surface area contributed by atoms with E-state index in [1.165, 1.54) is 16.8 Å². The minimum atomic E-state index is -3.53. The monoisotopic (exact) mass is 952 g/mol. The van der Waals surface area contributed by atoms with Gasteiger partial charge in [-0.25, -0.2) is 9.59 Å². The Morgan fingerprint density at radius 3 is 1.43 bits per heavy atom. The van der Waals surface area contributed by atoms with Crippen molar-refractivity contribution in [3.05, 3.63) is 244 Å². The Labute approximate surface area is 407 Å². The third-order valence-corrected chi connectivity index (χ3v) is 22.9. The summed E-state index contributed by atoms with van der Waals surface area (Å²) in [4.78, 5) is 44.0. The lowest BCUT2D eigenvalue weighted by Gasteiger charge is -2.49. The molecule has 1 fully saturated rings. The van der Waals surface area contributed by atoms with Crippen molar-refractivity contribution >= 4 is 49.4 Å². The van der Waals surface area contributed by atoms with Gasteiger partial charge in [-0.2, -0.15) is 0 Å². The third kappa shape index (κ3) is 10.2.